The number of halogens is 1. The van der Waals surface area contributed by atoms with Gasteiger partial charge in [-0.2, -0.15) is 0 Å². The van der Waals surface area contributed by atoms with Crippen molar-refractivity contribution in [1.82, 2.24) is 0 Å². The lowest BCUT2D eigenvalue weighted by Gasteiger charge is -2.14. The second kappa shape index (κ2) is 6.91. The Hall–Kier alpha value is -2.07. The van der Waals surface area contributed by atoms with E-state index in [-0.39, 0.29) is 11.9 Å². The van der Waals surface area contributed by atoms with E-state index in [0.29, 0.717) is 19.0 Å². The average molecular weight is 275 g/mol. The zero-order chi connectivity index (χ0) is 14.4. The average Bonchev–Trinajstić information content (AvgIpc) is 2.44. The Balaban J connectivity index is 1.89. The maximum Gasteiger partial charge on any atom is 0.127 e. The van der Waals surface area contributed by atoms with Gasteiger partial charge in [0.1, 0.15) is 30.5 Å². The van der Waals surface area contributed by atoms with Crippen molar-refractivity contribution in [3.05, 3.63) is 59.9 Å². The van der Waals surface area contributed by atoms with E-state index in [1.807, 2.05) is 37.3 Å². The highest BCUT2D eigenvalue weighted by Crippen LogP contribution is 2.24. The summed E-state index contributed by atoms with van der Waals surface area (Å²) >= 11 is 0. The third-order valence-electron chi connectivity index (χ3n) is 2.82. The monoisotopic (exact) mass is 275 g/mol. The number of para-hydroxylation sites is 1. The fourth-order valence-electron chi connectivity index (χ4n) is 1.84. The van der Waals surface area contributed by atoms with Gasteiger partial charge in [0.25, 0.3) is 0 Å². The fraction of sp³-hybridized carbons (Fsp3) is 0.250. The maximum atomic E-state index is 13.2. The van der Waals surface area contributed by atoms with Crippen LogP contribution in [0.25, 0.3) is 0 Å². The summed E-state index contributed by atoms with van der Waals surface area (Å²) in [6.07, 6.45) is 0. The Morgan fingerprint density at radius 1 is 1.05 bits per heavy atom. The fourth-order valence-corrected chi connectivity index (χ4v) is 1.84. The van der Waals surface area contributed by atoms with E-state index in [1.165, 1.54) is 12.1 Å². The summed E-state index contributed by atoms with van der Waals surface area (Å²) < 4.78 is 24.3. The Labute approximate surface area is 118 Å². The molecule has 2 N–H and O–H groups in total. The van der Waals surface area contributed by atoms with Crippen LogP contribution < -0.4 is 15.2 Å². The highest BCUT2D eigenvalue weighted by molar-refractivity contribution is 5.36. The normalized spacial score (nSPS) is 11.9. The Kier molecular flexibility index (Phi) is 4.96. The minimum absolute atomic E-state index is 0.208. The third kappa shape index (κ3) is 3.96. The molecule has 0 fully saturated rings. The lowest BCUT2D eigenvalue weighted by Crippen LogP contribution is -2.13. The van der Waals surface area contributed by atoms with Gasteiger partial charge >= 0.3 is 0 Å². The Bertz CT molecular complexity index is 543. The van der Waals surface area contributed by atoms with E-state index >= 15 is 0 Å². The van der Waals surface area contributed by atoms with Crippen molar-refractivity contribution in [2.24, 2.45) is 5.73 Å². The van der Waals surface area contributed by atoms with Crippen LogP contribution in [-0.2, 0) is 0 Å². The van der Waals surface area contributed by atoms with E-state index in [1.54, 1.807) is 6.07 Å². The molecule has 0 saturated heterocycles. The van der Waals surface area contributed by atoms with Crippen molar-refractivity contribution in [3.63, 3.8) is 0 Å². The number of hydrogen-bond acceptors (Lipinski definition) is 3. The molecule has 106 valence electrons. The third-order valence-corrected chi connectivity index (χ3v) is 2.82. The van der Waals surface area contributed by atoms with Crippen LogP contribution in [0.4, 0.5) is 4.39 Å². The van der Waals surface area contributed by atoms with Crippen LogP contribution in [0.15, 0.2) is 48.5 Å². The van der Waals surface area contributed by atoms with Crippen molar-refractivity contribution >= 4 is 0 Å². The molecule has 0 bridgehead atoms. The molecule has 3 nitrogen and oxygen atoms in total. The molecule has 4 heteroatoms. The van der Waals surface area contributed by atoms with Gasteiger partial charge in [-0.05, 0) is 25.1 Å². The van der Waals surface area contributed by atoms with Gasteiger partial charge in [-0.15, -0.1) is 0 Å². The van der Waals surface area contributed by atoms with Crippen molar-refractivity contribution in [2.75, 3.05) is 13.2 Å². The van der Waals surface area contributed by atoms with Gasteiger partial charge < -0.3 is 15.2 Å². The molecule has 1 unspecified atom stereocenters. The first-order chi connectivity index (χ1) is 9.66. The lowest BCUT2D eigenvalue weighted by molar-refractivity contribution is 0.215. The Morgan fingerprint density at radius 3 is 2.45 bits per heavy atom. The minimum Gasteiger partial charge on any atom is -0.490 e. The van der Waals surface area contributed by atoms with Crippen LogP contribution in [0.2, 0.25) is 0 Å². The van der Waals surface area contributed by atoms with E-state index in [4.69, 9.17) is 15.2 Å². The van der Waals surface area contributed by atoms with Gasteiger partial charge in [-0.3, -0.25) is 0 Å². The number of hydrogen-bond donors (Lipinski definition) is 1. The predicted octanol–water partition coefficient (Wildman–Crippen LogP) is 3.30. The van der Waals surface area contributed by atoms with Gasteiger partial charge in [-0.1, -0.05) is 24.3 Å². The molecule has 2 aromatic carbocycles. The maximum absolute atomic E-state index is 13.2. The van der Waals surface area contributed by atoms with Crippen molar-refractivity contribution < 1.29 is 13.9 Å². The Morgan fingerprint density at radius 2 is 1.75 bits per heavy atom. The molecule has 0 aromatic heterocycles. The summed E-state index contributed by atoms with van der Waals surface area (Å²) in [5, 5.41) is 0. The molecule has 0 aliphatic rings. The highest BCUT2D eigenvalue weighted by atomic mass is 19.1. The van der Waals surface area contributed by atoms with Crippen molar-refractivity contribution in [2.45, 2.75) is 13.0 Å². The van der Waals surface area contributed by atoms with Crippen LogP contribution in [0.3, 0.4) is 0 Å². The summed E-state index contributed by atoms with van der Waals surface area (Å²) in [5.41, 5.74) is 6.61. The van der Waals surface area contributed by atoms with Crippen molar-refractivity contribution in [1.29, 1.82) is 0 Å². The molecule has 0 heterocycles. The first-order valence-electron chi connectivity index (χ1n) is 6.52. The van der Waals surface area contributed by atoms with Gasteiger partial charge in [0.15, 0.2) is 0 Å². The molecule has 0 aliphatic heterocycles. The number of nitrogens with two attached hydrogens (primary N) is 1. The number of rotatable bonds is 6. The van der Waals surface area contributed by atoms with Crippen LogP contribution in [0.1, 0.15) is 18.5 Å². The number of ether oxygens (including phenoxy) is 2. The molecular formula is C16H18FNO2. The molecule has 2 aromatic rings. The first kappa shape index (κ1) is 14.3. The van der Waals surface area contributed by atoms with E-state index in [2.05, 4.69) is 0 Å². The molecule has 2 rings (SSSR count). The summed E-state index contributed by atoms with van der Waals surface area (Å²) in [4.78, 5) is 0. The zero-order valence-corrected chi connectivity index (χ0v) is 11.4. The smallest absolute Gasteiger partial charge is 0.127 e. The molecule has 0 spiro atoms. The van der Waals surface area contributed by atoms with Gasteiger partial charge in [0.05, 0.1) is 0 Å². The second-order valence-corrected chi connectivity index (χ2v) is 4.48. The largest absolute Gasteiger partial charge is 0.490 e. The summed E-state index contributed by atoms with van der Waals surface area (Å²) in [6, 6.07) is 13.6. The van der Waals surface area contributed by atoms with Crippen LogP contribution in [0, 0.1) is 5.82 Å². The molecule has 20 heavy (non-hydrogen) atoms. The standard InChI is InChI=1S/C16H18FNO2/c1-12(18)15-8-7-13(17)11-16(15)20-10-9-19-14-5-3-2-4-6-14/h2-8,11-12H,9-10,18H2,1H3. The minimum atomic E-state index is -0.339. The molecule has 0 saturated carbocycles. The highest BCUT2D eigenvalue weighted by Gasteiger charge is 2.09. The van der Waals surface area contributed by atoms with E-state index < -0.39 is 0 Å². The second-order valence-electron chi connectivity index (χ2n) is 4.48. The molecule has 0 amide bonds. The van der Waals surface area contributed by atoms with E-state index in [9.17, 15) is 4.39 Å². The van der Waals surface area contributed by atoms with Crippen LogP contribution in [0.5, 0.6) is 11.5 Å². The molecular weight excluding hydrogens is 257 g/mol. The van der Waals surface area contributed by atoms with Gasteiger partial charge in [0.2, 0.25) is 0 Å². The van der Waals surface area contributed by atoms with Crippen molar-refractivity contribution in [3.8, 4) is 11.5 Å². The van der Waals surface area contributed by atoms with E-state index in [0.717, 1.165) is 11.3 Å². The molecule has 0 aliphatic carbocycles. The molecule has 0 radical (unpaired) electrons. The van der Waals surface area contributed by atoms with Crippen LogP contribution >= 0.6 is 0 Å². The van der Waals surface area contributed by atoms with Gasteiger partial charge in [0, 0.05) is 17.7 Å². The predicted molar refractivity (Wildman–Crippen MR) is 76.4 cm³/mol. The molecule has 1 atom stereocenters. The number of benzene rings is 2. The summed E-state index contributed by atoms with van der Waals surface area (Å²) in [7, 11) is 0. The topological polar surface area (TPSA) is 44.5 Å². The quantitative estimate of drug-likeness (QED) is 0.823. The zero-order valence-electron chi connectivity index (χ0n) is 11.4. The van der Waals surface area contributed by atoms with Gasteiger partial charge in [-0.25, -0.2) is 4.39 Å². The lowest BCUT2D eigenvalue weighted by atomic mass is 10.1. The summed E-state index contributed by atoms with van der Waals surface area (Å²) in [6.45, 7) is 2.55. The SMILES string of the molecule is CC(N)c1ccc(F)cc1OCCOc1ccccc1. The summed E-state index contributed by atoms with van der Waals surface area (Å²) in [5.74, 6) is 0.910. The van der Waals surface area contributed by atoms with Crippen LogP contribution in [-0.4, -0.2) is 13.2 Å². The first-order valence-corrected chi connectivity index (χ1v) is 6.52.